The molecule has 414 valence electrons. The van der Waals surface area contributed by atoms with E-state index < -0.39 is 6.10 Å². The second-order valence-electron chi connectivity index (χ2n) is 21.7. The van der Waals surface area contributed by atoms with E-state index in [0.717, 1.165) is 57.8 Å². The smallest absolute Gasteiger partial charge is 0.306 e. The highest BCUT2D eigenvalue weighted by atomic mass is 16.6. The number of hydrogen-bond acceptors (Lipinski definition) is 6. The number of carbonyl (C=O) groups is 3. The van der Waals surface area contributed by atoms with Gasteiger partial charge in [0, 0.05) is 19.3 Å². The van der Waals surface area contributed by atoms with E-state index in [1.807, 2.05) is 0 Å². The molecule has 1 unspecified atom stereocenters. The molecule has 0 radical (unpaired) electrons. The molecule has 0 aromatic rings. The van der Waals surface area contributed by atoms with Crippen LogP contribution in [0.1, 0.15) is 361 Å². The fraction of sp³-hybridized carbons (Fsp3) is 0.922. The molecule has 0 heterocycles. The molecule has 0 spiro atoms. The first-order valence-corrected chi connectivity index (χ1v) is 31.7. The summed E-state index contributed by atoms with van der Waals surface area (Å²) in [5, 5.41) is 0. The number of hydrogen-bond donors (Lipinski definition) is 0. The zero-order valence-corrected chi connectivity index (χ0v) is 47.6. The highest BCUT2D eigenvalue weighted by Crippen LogP contribution is 2.18. The molecule has 1 atom stereocenters. The SMILES string of the molecule is CCCCCCCCCC/C=C\CCCCCCCCCCCC(=O)OC(COC(=O)CCCCCCCCCCC)COC(=O)CCCCCCCCCCCCCCCCCCCCCCCC. The Morgan fingerprint density at radius 2 is 0.471 bits per heavy atom. The minimum Gasteiger partial charge on any atom is -0.462 e. The van der Waals surface area contributed by atoms with Gasteiger partial charge in [0.1, 0.15) is 13.2 Å². The van der Waals surface area contributed by atoms with Crippen LogP contribution in [-0.2, 0) is 28.6 Å². The number of esters is 3. The topological polar surface area (TPSA) is 78.9 Å². The minimum atomic E-state index is -0.765. The largest absolute Gasteiger partial charge is 0.462 e. The lowest BCUT2D eigenvalue weighted by Crippen LogP contribution is -2.30. The Morgan fingerprint density at radius 3 is 0.714 bits per heavy atom. The third kappa shape index (κ3) is 57.1. The zero-order valence-electron chi connectivity index (χ0n) is 47.6. The van der Waals surface area contributed by atoms with Gasteiger partial charge >= 0.3 is 17.9 Å². The standard InChI is InChI=1S/C64H122O6/c1-4-7-10-13-16-19-21-23-25-27-29-31-33-34-36-38-40-42-45-48-51-54-57-63(66)69-60-61(59-68-62(65)56-53-50-47-44-18-15-12-9-6-3)70-64(67)58-55-52-49-46-43-41-39-37-35-32-30-28-26-24-22-20-17-14-11-8-5-2/h28,30,61H,4-27,29,31-60H2,1-3H3/b30-28-. The molecule has 0 fully saturated rings. The number of rotatable bonds is 59. The van der Waals surface area contributed by atoms with Gasteiger partial charge in [-0.3, -0.25) is 14.4 Å². The fourth-order valence-corrected chi connectivity index (χ4v) is 9.74. The summed E-state index contributed by atoms with van der Waals surface area (Å²) in [6, 6.07) is 0. The van der Waals surface area contributed by atoms with Crippen molar-refractivity contribution >= 4 is 17.9 Å². The Balaban J connectivity index is 4.16. The molecule has 0 amide bonds. The van der Waals surface area contributed by atoms with Crippen LogP contribution < -0.4 is 0 Å². The fourth-order valence-electron chi connectivity index (χ4n) is 9.74. The van der Waals surface area contributed by atoms with E-state index in [2.05, 4.69) is 32.9 Å². The van der Waals surface area contributed by atoms with Gasteiger partial charge in [0.15, 0.2) is 6.10 Å². The molecule has 0 aromatic heterocycles. The first-order valence-electron chi connectivity index (χ1n) is 31.7. The Morgan fingerprint density at radius 1 is 0.271 bits per heavy atom. The highest BCUT2D eigenvalue weighted by molar-refractivity contribution is 5.71. The van der Waals surface area contributed by atoms with Gasteiger partial charge in [0.2, 0.25) is 0 Å². The zero-order chi connectivity index (χ0) is 50.7. The van der Waals surface area contributed by atoms with Gasteiger partial charge in [-0.2, -0.15) is 0 Å². The van der Waals surface area contributed by atoms with E-state index in [1.54, 1.807) is 0 Å². The molecule has 0 saturated heterocycles. The van der Waals surface area contributed by atoms with E-state index in [4.69, 9.17) is 14.2 Å². The molecule has 6 nitrogen and oxygen atoms in total. The maximum Gasteiger partial charge on any atom is 0.306 e. The maximum atomic E-state index is 12.9. The normalized spacial score (nSPS) is 12.0. The van der Waals surface area contributed by atoms with Crippen LogP contribution in [0.5, 0.6) is 0 Å². The second kappa shape index (κ2) is 59.7. The average Bonchev–Trinajstić information content (AvgIpc) is 3.36. The number of unbranched alkanes of at least 4 members (excludes halogenated alkanes) is 46. The number of carbonyl (C=O) groups excluding carboxylic acids is 3. The Kier molecular flexibility index (Phi) is 58.1. The lowest BCUT2D eigenvalue weighted by Gasteiger charge is -2.18. The highest BCUT2D eigenvalue weighted by Gasteiger charge is 2.19. The summed E-state index contributed by atoms with van der Waals surface area (Å²) in [6.45, 7) is 6.69. The maximum absolute atomic E-state index is 12.9. The van der Waals surface area contributed by atoms with Crippen molar-refractivity contribution in [3.05, 3.63) is 12.2 Å². The summed E-state index contributed by atoms with van der Waals surface area (Å²) in [7, 11) is 0. The van der Waals surface area contributed by atoms with Crippen molar-refractivity contribution in [1.82, 2.24) is 0 Å². The van der Waals surface area contributed by atoms with Crippen LogP contribution in [0.25, 0.3) is 0 Å². The molecule has 0 aliphatic carbocycles. The summed E-state index contributed by atoms with van der Waals surface area (Å²) in [5.41, 5.74) is 0. The first-order chi connectivity index (χ1) is 34.5. The van der Waals surface area contributed by atoms with Crippen LogP contribution in [0.4, 0.5) is 0 Å². The summed E-state index contributed by atoms with van der Waals surface area (Å²) in [4.78, 5) is 38.1. The van der Waals surface area contributed by atoms with Crippen LogP contribution >= 0.6 is 0 Å². The van der Waals surface area contributed by atoms with Gasteiger partial charge < -0.3 is 14.2 Å². The average molecular weight is 988 g/mol. The van der Waals surface area contributed by atoms with Crippen molar-refractivity contribution in [2.24, 2.45) is 0 Å². The summed E-state index contributed by atoms with van der Waals surface area (Å²) >= 11 is 0. The van der Waals surface area contributed by atoms with Gasteiger partial charge in [-0.15, -0.1) is 0 Å². The van der Waals surface area contributed by atoms with Crippen molar-refractivity contribution in [3.63, 3.8) is 0 Å². The van der Waals surface area contributed by atoms with E-state index in [-0.39, 0.29) is 31.1 Å². The van der Waals surface area contributed by atoms with Gasteiger partial charge in [-0.1, -0.05) is 309 Å². The molecular formula is C64H122O6. The predicted molar refractivity (Wildman–Crippen MR) is 303 cm³/mol. The molecule has 0 N–H and O–H groups in total. The Hall–Kier alpha value is -1.85. The minimum absolute atomic E-state index is 0.0647. The van der Waals surface area contributed by atoms with E-state index >= 15 is 0 Å². The molecule has 6 heteroatoms. The van der Waals surface area contributed by atoms with Crippen LogP contribution in [-0.4, -0.2) is 37.2 Å². The van der Waals surface area contributed by atoms with Crippen LogP contribution in [0.15, 0.2) is 12.2 Å². The molecule has 0 saturated carbocycles. The number of ether oxygens (including phenoxy) is 3. The first kappa shape index (κ1) is 68.2. The van der Waals surface area contributed by atoms with Gasteiger partial charge in [-0.25, -0.2) is 0 Å². The van der Waals surface area contributed by atoms with Gasteiger partial charge in [0.25, 0.3) is 0 Å². The molecular weight excluding hydrogens is 865 g/mol. The van der Waals surface area contributed by atoms with Crippen molar-refractivity contribution in [2.75, 3.05) is 13.2 Å². The lowest BCUT2D eigenvalue weighted by molar-refractivity contribution is -0.167. The van der Waals surface area contributed by atoms with E-state index in [9.17, 15) is 14.4 Å². The van der Waals surface area contributed by atoms with E-state index in [0.29, 0.717) is 19.3 Å². The third-order valence-corrected chi connectivity index (χ3v) is 14.5. The summed E-state index contributed by atoms with van der Waals surface area (Å²) in [6.07, 6.45) is 69.5. The summed E-state index contributed by atoms with van der Waals surface area (Å²) in [5.74, 6) is -0.842. The van der Waals surface area contributed by atoms with Crippen molar-refractivity contribution < 1.29 is 28.6 Å². The summed E-state index contributed by atoms with van der Waals surface area (Å²) < 4.78 is 16.9. The monoisotopic (exact) mass is 987 g/mol. The number of allylic oxidation sites excluding steroid dienone is 2. The second-order valence-corrected chi connectivity index (χ2v) is 21.7. The van der Waals surface area contributed by atoms with Crippen molar-refractivity contribution in [1.29, 1.82) is 0 Å². The predicted octanol–water partition coefficient (Wildman–Crippen LogP) is 21.3. The van der Waals surface area contributed by atoms with Crippen LogP contribution in [0.2, 0.25) is 0 Å². The van der Waals surface area contributed by atoms with Gasteiger partial charge in [0.05, 0.1) is 0 Å². The quantitative estimate of drug-likeness (QED) is 0.0261. The van der Waals surface area contributed by atoms with Crippen LogP contribution in [0, 0.1) is 0 Å². The van der Waals surface area contributed by atoms with Crippen molar-refractivity contribution in [2.45, 2.75) is 367 Å². The molecule has 70 heavy (non-hydrogen) atoms. The molecule has 0 bridgehead atoms. The molecule has 0 aliphatic heterocycles. The third-order valence-electron chi connectivity index (χ3n) is 14.5. The molecule has 0 aromatic carbocycles. The molecule has 0 aliphatic rings. The van der Waals surface area contributed by atoms with E-state index in [1.165, 1.54) is 263 Å². The van der Waals surface area contributed by atoms with Gasteiger partial charge in [-0.05, 0) is 44.9 Å². The molecule has 0 rings (SSSR count). The Bertz CT molecular complexity index is 1090. The van der Waals surface area contributed by atoms with Crippen LogP contribution in [0.3, 0.4) is 0 Å². The lowest BCUT2D eigenvalue weighted by atomic mass is 10.0. The Labute approximate surface area is 437 Å². The van der Waals surface area contributed by atoms with Crippen molar-refractivity contribution in [3.8, 4) is 0 Å².